The van der Waals surface area contributed by atoms with E-state index < -0.39 is 0 Å². The fourth-order valence-electron chi connectivity index (χ4n) is 5.63. The van der Waals surface area contributed by atoms with Gasteiger partial charge in [0.2, 0.25) is 12.6 Å². The van der Waals surface area contributed by atoms with Crippen LogP contribution in [0.2, 0.25) is 0 Å². The number of hydrogen-bond acceptors (Lipinski definition) is 7. The summed E-state index contributed by atoms with van der Waals surface area (Å²) in [6.45, 7) is 5.12. The van der Waals surface area contributed by atoms with Crippen LogP contribution in [0.25, 0.3) is 17.2 Å². The van der Waals surface area contributed by atoms with Crippen LogP contribution < -0.4 is 14.2 Å². The average molecular weight is 547 g/mol. The topological polar surface area (TPSA) is 71.5 Å². The summed E-state index contributed by atoms with van der Waals surface area (Å²) in [4.78, 5) is 17.9. The van der Waals surface area contributed by atoms with Crippen molar-refractivity contribution in [1.29, 1.82) is 0 Å². The molecule has 0 radical (unpaired) electrons. The summed E-state index contributed by atoms with van der Waals surface area (Å²) >= 11 is 0. The van der Waals surface area contributed by atoms with Crippen LogP contribution in [-0.4, -0.2) is 53.7 Å². The third-order valence-electron chi connectivity index (χ3n) is 7.92. The molecule has 1 saturated heterocycles. The molecule has 0 amide bonds. The predicted molar refractivity (Wildman–Crippen MR) is 156 cm³/mol. The average Bonchev–Trinajstić information content (AvgIpc) is 3.60. The Hall–Kier alpha value is -4.59. The van der Waals surface area contributed by atoms with E-state index in [9.17, 15) is 9.90 Å². The minimum Gasteiger partial charge on any atom is -0.507 e. The summed E-state index contributed by atoms with van der Waals surface area (Å²) in [5, 5.41) is 10.8. The van der Waals surface area contributed by atoms with Gasteiger partial charge in [-0.25, -0.2) is 0 Å². The third-order valence-corrected chi connectivity index (χ3v) is 7.92. The van der Waals surface area contributed by atoms with Gasteiger partial charge in [0.1, 0.15) is 11.5 Å². The van der Waals surface area contributed by atoms with E-state index in [4.69, 9.17) is 14.2 Å². The lowest BCUT2D eigenvalue weighted by atomic mass is 10.0. The number of Topliss-reactive ketones (excluding diaryl/α,β-unsaturated/α-hetero) is 1. The van der Waals surface area contributed by atoms with E-state index in [1.54, 1.807) is 18.2 Å². The number of nitrogens with zero attached hydrogens (tertiary/aromatic N) is 2. The first-order valence-corrected chi connectivity index (χ1v) is 13.9. The van der Waals surface area contributed by atoms with Gasteiger partial charge in [0, 0.05) is 39.3 Å². The Labute approximate surface area is 238 Å². The number of carbonyl (C=O) groups is 1. The summed E-state index contributed by atoms with van der Waals surface area (Å²) in [6, 6.07) is 27.6. The standard InChI is InChI=1S/C34H30N2O5/c37-29-12-11-27-33(38)32(18-23-6-9-26(10-7-23)25-4-2-1-3-5-25)41-34(27)28(29)21-36-16-14-35(15-17-36)20-24-8-13-30-31(19-24)40-22-39-30/h1-13,18-19,37H,14-17,20-22H2/b32-18-. The fraction of sp³-hybridized carbons (Fsp3) is 0.206. The number of benzene rings is 4. The van der Waals surface area contributed by atoms with Crippen molar-refractivity contribution >= 4 is 11.9 Å². The largest absolute Gasteiger partial charge is 0.507 e. The lowest BCUT2D eigenvalue weighted by molar-refractivity contribution is 0.101. The van der Waals surface area contributed by atoms with E-state index in [1.165, 1.54) is 5.56 Å². The first-order chi connectivity index (χ1) is 20.1. The molecular weight excluding hydrogens is 516 g/mol. The van der Waals surface area contributed by atoms with Crippen molar-refractivity contribution in [3.8, 4) is 34.1 Å². The van der Waals surface area contributed by atoms with Gasteiger partial charge in [-0.3, -0.25) is 14.6 Å². The molecule has 0 aliphatic carbocycles. The Morgan fingerprint density at radius 3 is 2.24 bits per heavy atom. The van der Waals surface area contributed by atoms with Gasteiger partial charge in [-0.2, -0.15) is 0 Å². The van der Waals surface area contributed by atoms with Crippen LogP contribution in [0.5, 0.6) is 23.0 Å². The van der Waals surface area contributed by atoms with Crippen molar-refractivity contribution in [2.45, 2.75) is 13.1 Å². The van der Waals surface area contributed by atoms with E-state index in [1.807, 2.05) is 48.5 Å². The highest BCUT2D eigenvalue weighted by atomic mass is 16.7. The minimum atomic E-state index is -0.165. The Morgan fingerprint density at radius 1 is 0.756 bits per heavy atom. The van der Waals surface area contributed by atoms with E-state index in [0.29, 0.717) is 23.4 Å². The Morgan fingerprint density at radius 2 is 1.46 bits per heavy atom. The summed E-state index contributed by atoms with van der Waals surface area (Å²) in [6.07, 6.45) is 1.77. The van der Waals surface area contributed by atoms with Gasteiger partial charge in [-0.15, -0.1) is 0 Å². The quantitative estimate of drug-likeness (QED) is 0.310. The molecule has 7 rings (SSSR count). The second-order valence-corrected chi connectivity index (χ2v) is 10.6. The molecule has 7 nitrogen and oxygen atoms in total. The molecular formula is C34H30N2O5. The monoisotopic (exact) mass is 546 g/mol. The van der Waals surface area contributed by atoms with Gasteiger partial charge in [0.05, 0.1) is 11.1 Å². The third kappa shape index (κ3) is 5.17. The smallest absolute Gasteiger partial charge is 0.231 e. The highest BCUT2D eigenvalue weighted by molar-refractivity contribution is 6.15. The normalized spacial score (nSPS) is 17.6. The molecule has 7 heteroatoms. The Balaban J connectivity index is 1.02. The Kier molecular flexibility index (Phi) is 6.66. The fourth-order valence-corrected chi connectivity index (χ4v) is 5.63. The maximum Gasteiger partial charge on any atom is 0.231 e. The molecule has 0 saturated carbocycles. The van der Waals surface area contributed by atoms with Gasteiger partial charge < -0.3 is 19.3 Å². The lowest BCUT2D eigenvalue weighted by Gasteiger charge is -2.35. The lowest BCUT2D eigenvalue weighted by Crippen LogP contribution is -2.45. The summed E-state index contributed by atoms with van der Waals surface area (Å²) in [5.41, 5.74) is 5.47. The molecule has 0 atom stereocenters. The SMILES string of the molecule is O=C1/C(=C/c2ccc(-c3ccccc3)cc2)Oc2c1ccc(O)c2CN1CCN(Cc2ccc3c(c2)OCO3)CC1. The van der Waals surface area contributed by atoms with Gasteiger partial charge in [0.15, 0.2) is 17.3 Å². The summed E-state index contributed by atoms with van der Waals surface area (Å²) in [5.74, 6) is 2.32. The molecule has 3 aliphatic rings. The molecule has 3 aliphatic heterocycles. The maximum absolute atomic E-state index is 13.2. The van der Waals surface area contributed by atoms with Crippen molar-refractivity contribution in [2.24, 2.45) is 0 Å². The van der Waals surface area contributed by atoms with Crippen LogP contribution in [0.1, 0.15) is 27.0 Å². The Bertz CT molecular complexity index is 1620. The zero-order chi connectivity index (χ0) is 27.8. The first-order valence-electron chi connectivity index (χ1n) is 13.9. The van der Waals surface area contributed by atoms with Gasteiger partial charge in [-0.05, 0) is 52.6 Å². The minimum absolute atomic E-state index is 0.146. The molecule has 41 heavy (non-hydrogen) atoms. The van der Waals surface area contributed by atoms with E-state index in [-0.39, 0.29) is 24.1 Å². The highest BCUT2D eigenvalue weighted by Gasteiger charge is 2.32. The molecule has 0 unspecified atom stereocenters. The van der Waals surface area contributed by atoms with Gasteiger partial charge >= 0.3 is 0 Å². The molecule has 0 bridgehead atoms. The van der Waals surface area contributed by atoms with Crippen LogP contribution >= 0.6 is 0 Å². The molecule has 0 aromatic heterocycles. The van der Waals surface area contributed by atoms with Crippen molar-refractivity contribution in [3.05, 3.63) is 113 Å². The highest BCUT2D eigenvalue weighted by Crippen LogP contribution is 2.40. The zero-order valence-electron chi connectivity index (χ0n) is 22.6. The van der Waals surface area contributed by atoms with Crippen molar-refractivity contribution < 1.29 is 24.1 Å². The molecule has 206 valence electrons. The first kappa shape index (κ1) is 25.4. The van der Waals surface area contributed by atoms with Crippen molar-refractivity contribution in [2.75, 3.05) is 33.0 Å². The van der Waals surface area contributed by atoms with E-state index >= 15 is 0 Å². The number of phenolic OH excluding ortho intramolecular Hbond substituents is 1. The van der Waals surface area contributed by atoms with Crippen molar-refractivity contribution in [1.82, 2.24) is 9.80 Å². The predicted octanol–water partition coefficient (Wildman–Crippen LogP) is 5.72. The summed E-state index contributed by atoms with van der Waals surface area (Å²) < 4.78 is 17.1. The molecule has 1 fully saturated rings. The van der Waals surface area contributed by atoms with Crippen LogP contribution in [-0.2, 0) is 13.1 Å². The second kappa shape index (κ2) is 10.8. The molecule has 4 aromatic rings. The number of allylic oxidation sites excluding steroid dienone is 1. The van der Waals surface area contributed by atoms with Crippen LogP contribution in [0.3, 0.4) is 0 Å². The van der Waals surface area contributed by atoms with Crippen LogP contribution in [0.4, 0.5) is 0 Å². The van der Waals surface area contributed by atoms with Crippen molar-refractivity contribution in [3.63, 3.8) is 0 Å². The molecule has 3 heterocycles. The molecule has 0 spiro atoms. The second-order valence-electron chi connectivity index (χ2n) is 10.6. The maximum atomic E-state index is 13.2. The summed E-state index contributed by atoms with van der Waals surface area (Å²) in [7, 11) is 0. The number of piperazine rings is 1. The van der Waals surface area contributed by atoms with E-state index in [2.05, 4.69) is 34.1 Å². The number of ether oxygens (including phenoxy) is 3. The van der Waals surface area contributed by atoms with Gasteiger partial charge in [0.25, 0.3) is 0 Å². The zero-order valence-corrected chi connectivity index (χ0v) is 22.6. The van der Waals surface area contributed by atoms with Crippen LogP contribution in [0, 0.1) is 0 Å². The molecule has 4 aromatic carbocycles. The number of phenols is 1. The van der Waals surface area contributed by atoms with E-state index in [0.717, 1.165) is 60.9 Å². The number of carbonyl (C=O) groups excluding carboxylic acids is 1. The number of hydrogen-bond donors (Lipinski definition) is 1. The number of aromatic hydroxyl groups is 1. The number of ketones is 1. The number of rotatable bonds is 6. The molecule has 1 N–H and O–H groups in total. The van der Waals surface area contributed by atoms with Crippen LogP contribution in [0.15, 0.2) is 90.7 Å². The number of fused-ring (bicyclic) bond motifs is 2. The van der Waals surface area contributed by atoms with Gasteiger partial charge in [-0.1, -0.05) is 60.7 Å².